The van der Waals surface area contributed by atoms with Gasteiger partial charge in [-0.25, -0.2) is 4.79 Å². The van der Waals surface area contributed by atoms with E-state index in [9.17, 15) is 14.5 Å². The number of para-hydroxylation sites is 1. The Labute approximate surface area is 275 Å². The molecule has 0 radical (unpaired) electrons. The third kappa shape index (κ3) is 14.4. The van der Waals surface area contributed by atoms with Crippen LogP contribution in [0.25, 0.3) is 10.9 Å². The van der Waals surface area contributed by atoms with Gasteiger partial charge in [0, 0.05) is 24.1 Å². The van der Waals surface area contributed by atoms with Gasteiger partial charge in [0.1, 0.15) is 12.4 Å². The molecular weight excluding hydrogens is 603 g/mol. The topological polar surface area (TPSA) is 111 Å². The molecule has 1 amide bonds. The van der Waals surface area contributed by atoms with Crippen molar-refractivity contribution in [3.8, 4) is 0 Å². The first-order valence-corrected chi connectivity index (χ1v) is 19.0. The predicted octanol–water partition coefficient (Wildman–Crippen LogP) is 8.71. The quantitative estimate of drug-likeness (QED) is 0.0384. The Morgan fingerprint density at radius 3 is 2.07 bits per heavy atom. The van der Waals surface area contributed by atoms with Gasteiger partial charge >= 0.3 is 13.7 Å². The van der Waals surface area contributed by atoms with E-state index in [2.05, 4.69) is 12.2 Å². The van der Waals surface area contributed by atoms with Crippen LogP contribution in [0.5, 0.6) is 0 Å². The van der Waals surface area contributed by atoms with Crippen LogP contribution in [0.1, 0.15) is 115 Å². The van der Waals surface area contributed by atoms with E-state index in [1.807, 2.05) is 47.2 Å². The summed E-state index contributed by atoms with van der Waals surface area (Å²) in [6.07, 6.45) is 22.3. The zero-order valence-electron chi connectivity index (χ0n) is 27.8. The maximum Gasteiger partial charge on any atom is 0.407 e. The van der Waals surface area contributed by atoms with Crippen LogP contribution in [0.2, 0.25) is 0 Å². The van der Waals surface area contributed by atoms with Gasteiger partial charge in [-0.1, -0.05) is 115 Å². The second kappa shape index (κ2) is 22.8. The minimum Gasteiger partial charge on any atom is -0.449 e. The van der Waals surface area contributed by atoms with Crippen molar-refractivity contribution in [2.75, 3.05) is 19.9 Å². The van der Waals surface area contributed by atoms with E-state index in [1.54, 1.807) is 6.07 Å². The highest BCUT2D eigenvalue weighted by Gasteiger charge is 2.32. The van der Waals surface area contributed by atoms with Gasteiger partial charge in [-0.05, 0) is 30.7 Å². The molecule has 0 saturated carbocycles. The molecule has 0 aliphatic heterocycles. The molecule has 1 unspecified atom stereocenters. The summed E-state index contributed by atoms with van der Waals surface area (Å²) in [7, 11) is -3.93. The van der Waals surface area contributed by atoms with Gasteiger partial charge in [-0.15, -0.1) is 0 Å². The average Bonchev–Trinajstić information content (AvgIpc) is 3.56. The number of ether oxygens (including phenoxy) is 1. The number of carbonyl (C=O) groups is 1. The molecule has 0 aliphatic rings. The van der Waals surface area contributed by atoms with Crippen LogP contribution in [0.4, 0.5) is 4.79 Å². The van der Waals surface area contributed by atoms with Crippen LogP contribution in [-0.4, -0.2) is 31.1 Å². The van der Waals surface area contributed by atoms with Crippen molar-refractivity contribution < 1.29 is 37.2 Å². The van der Waals surface area contributed by atoms with Crippen molar-refractivity contribution in [1.82, 2.24) is 5.32 Å². The first-order valence-electron chi connectivity index (χ1n) is 17.4. The fraction of sp³-hybridized carbons (Fsp3) is 0.611. The molecule has 1 aromatic carbocycles. The number of nitrogens with zero attached hydrogens (tertiary/aromatic N) is 1. The van der Waals surface area contributed by atoms with E-state index in [0.29, 0.717) is 18.8 Å². The van der Waals surface area contributed by atoms with E-state index in [-0.39, 0.29) is 18.7 Å². The van der Waals surface area contributed by atoms with Gasteiger partial charge in [-0.3, -0.25) is 13.6 Å². The minimum atomic E-state index is -3.93. The van der Waals surface area contributed by atoms with Gasteiger partial charge in [0.25, 0.3) is 0 Å². The molecule has 10 heteroatoms. The summed E-state index contributed by atoms with van der Waals surface area (Å²) < 4.78 is 37.0. The van der Waals surface area contributed by atoms with Crippen molar-refractivity contribution in [2.45, 2.75) is 123 Å². The average molecular weight is 660 g/mol. The second-order valence-corrected chi connectivity index (χ2v) is 13.8. The third-order valence-corrected chi connectivity index (χ3v) is 9.93. The van der Waals surface area contributed by atoms with Crippen molar-refractivity contribution in [3.63, 3.8) is 0 Å². The van der Waals surface area contributed by atoms with Crippen LogP contribution in [0.3, 0.4) is 0 Å². The Balaban J connectivity index is 1.23. The second-order valence-electron chi connectivity index (χ2n) is 11.9. The molecule has 2 aromatic heterocycles. The number of aromatic nitrogens is 1. The number of fused-ring (bicyclic) bond motifs is 1. The number of rotatable bonds is 26. The van der Waals surface area contributed by atoms with Gasteiger partial charge in [0.05, 0.1) is 0 Å². The van der Waals surface area contributed by atoms with E-state index < -0.39 is 20.5 Å². The number of alkyl carbamates (subject to hydrolysis) is 1. The summed E-state index contributed by atoms with van der Waals surface area (Å²) in [5.74, 6) is 0.293. The molecule has 0 fully saturated rings. The molecule has 3 aromatic rings. The summed E-state index contributed by atoms with van der Waals surface area (Å²) in [6, 6.07) is 14.9. The van der Waals surface area contributed by atoms with E-state index in [0.717, 1.165) is 23.7 Å². The van der Waals surface area contributed by atoms with Crippen molar-refractivity contribution in [2.24, 2.45) is 0 Å². The van der Waals surface area contributed by atoms with Crippen LogP contribution in [-0.2, 0) is 31.5 Å². The maximum atomic E-state index is 13.4. The van der Waals surface area contributed by atoms with Crippen LogP contribution in [0.15, 0.2) is 59.1 Å². The van der Waals surface area contributed by atoms with E-state index in [1.165, 1.54) is 96.0 Å². The molecule has 3 rings (SSSR count). The van der Waals surface area contributed by atoms with Crippen LogP contribution in [0, 0.1) is 0 Å². The number of benzene rings is 1. The largest absolute Gasteiger partial charge is 0.449 e. The maximum absolute atomic E-state index is 13.4. The summed E-state index contributed by atoms with van der Waals surface area (Å²) in [6.45, 7) is 2.37. The number of hydrogen-bond acceptors (Lipinski definition) is 7. The monoisotopic (exact) mass is 659 g/mol. The molecule has 0 bridgehead atoms. The molecule has 1 atom stereocenters. The number of hydrogen-bond donors (Lipinski definition) is 2. The number of aliphatic hydroxyl groups excluding tert-OH is 1. The zero-order valence-corrected chi connectivity index (χ0v) is 28.7. The molecule has 2 heterocycles. The lowest BCUT2D eigenvalue weighted by Gasteiger charge is -2.14. The molecule has 0 aliphatic carbocycles. The fourth-order valence-electron chi connectivity index (χ4n) is 5.56. The lowest BCUT2D eigenvalue weighted by Crippen LogP contribution is -2.36. The number of furan rings is 1. The van der Waals surface area contributed by atoms with Gasteiger partial charge < -0.3 is 19.6 Å². The number of unbranched alkanes of at least 4 members (excludes halogenated alkanes) is 15. The standard InChI is InChI=1S/C36H55N2O7P/c1-2-3-4-5-6-7-8-9-10-11-12-13-14-15-16-19-26-37-36(40)42-30-33-24-25-35(45-33)46(41,44-31-39)43-29-28-38-27-20-22-32-21-17-18-23-34(32)38/h17-18,20-25,27,39H,2-16,19,26,28-31H2,1H3/p+1. The van der Waals surface area contributed by atoms with Gasteiger partial charge in [-0.2, -0.15) is 4.57 Å². The van der Waals surface area contributed by atoms with Crippen molar-refractivity contribution in [3.05, 3.63) is 60.5 Å². The highest BCUT2D eigenvalue weighted by molar-refractivity contribution is 7.61. The van der Waals surface area contributed by atoms with E-state index in [4.69, 9.17) is 18.2 Å². The fourth-order valence-corrected chi connectivity index (χ4v) is 6.85. The highest BCUT2D eigenvalue weighted by Crippen LogP contribution is 2.47. The van der Waals surface area contributed by atoms with Gasteiger partial charge in [0.2, 0.25) is 11.0 Å². The SMILES string of the molecule is CCCCCCCCCCCCCCCCCCNC(=O)OCc1ccc(P(=O)(OCO)OCC[n+]2cccc3ccccc32)o1. The lowest BCUT2D eigenvalue weighted by atomic mass is 10.0. The summed E-state index contributed by atoms with van der Waals surface area (Å²) in [5.41, 5.74) is 0.952. The van der Waals surface area contributed by atoms with Crippen molar-refractivity contribution >= 4 is 30.1 Å². The Morgan fingerprint density at radius 2 is 1.41 bits per heavy atom. The Hall–Kier alpha value is -2.71. The first-order chi connectivity index (χ1) is 22.6. The molecule has 46 heavy (non-hydrogen) atoms. The summed E-state index contributed by atoms with van der Waals surface area (Å²) in [4.78, 5) is 12.1. The predicted molar refractivity (Wildman–Crippen MR) is 182 cm³/mol. The smallest absolute Gasteiger partial charge is 0.407 e. The van der Waals surface area contributed by atoms with Crippen molar-refractivity contribution in [1.29, 1.82) is 0 Å². The normalized spacial score (nSPS) is 12.7. The number of nitrogens with one attached hydrogen (secondary N) is 1. The number of amides is 1. The van der Waals surface area contributed by atoms with E-state index >= 15 is 0 Å². The molecular formula is C36H56N2O7P+. The lowest BCUT2D eigenvalue weighted by molar-refractivity contribution is -0.672. The molecule has 2 N–H and O–H groups in total. The molecule has 0 spiro atoms. The first kappa shape index (κ1) is 37.7. The Bertz CT molecular complexity index is 1290. The molecule has 0 saturated heterocycles. The zero-order chi connectivity index (χ0) is 32.7. The highest BCUT2D eigenvalue weighted by atomic mass is 31.2. The summed E-state index contributed by atoms with van der Waals surface area (Å²) >= 11 is 0. The van der Waals surface area contributed by atoms with Gasteiger partial charge in [0.15, 0.2) is 26.1 Å². The third-order valence-electron chi connectivity index (χ3n) is 8.17. The molecule has 256 valence electrons. The summed E-state index contributed by atoms with van der Waals surface area (Å²) in [5, 5.41) is 13.2. The minimum absolute atomic E-state index is 0.0587. The number of carbonyl (C=O) groups excluding carboxylic acids is 1. The molecule has 9 nitrogen and oxygen atoms in total. The number of pyridine rings is 1. The van der Waals surface area contributed by atoms with Crippen LogP contribution >= 0.6 is 7.60 Å². The Morgan fingerprint density at radius 1 is 0.804 bits per heavy atom. The number of aliphatic hydroxyl groups is 1. The Kier molecular flexibility index (Phi) is 18.7. The van der Waals surface area contributed by atoms with Crippen LogP contribution < -0.4 is 15.4 Å².